The molecule has 0 rings (SSSR count). The highest BCUT2D eigenvalue weighted by Crippen LogP contribution is 2.15. The van der Waals surface area contributed by atoms with Crippen LogP contribution in [0.25, 0.3) is 0 Å². The molecule has 0 unspecified atom stereocenters. The third kappa shape index (κ3) is 66.0. The Labute approximate surface area is 327 Å². The van der Waals surface area contributed by atoms with Crippen molar-refractivity contribution in [3.63, 3.8) is 0 Å². The predicted molar refractivity (Wildman–Crippen MR) is 221 cm³/mol. The minimum Gasteiger partial charge on any atom is -0.481 e. The van der Waals surface area contributed by atoms with E-state index >= 15 is 0 Å². The van der Waals surface area contributed by atoms with Crippen molar-refractivity contribution in [3.8, 4) is 0 Å². The van der Waals surface area contributed by atoms with Gasteiger partial charge in [-0.1, -0.05) is 194 Å². The first-order valence-electron chi connectivity index (χ1n) is 22.3. The summed E-state index contributed by atoms with van der Waals surface area (Å²) < 4.78 is 15.0. The molecule has 4 N–H and O–H groups in total. The Kier molecular flexibility index (Phi) is 58.3. The van der Waals surface area contributed by atoms with Crippen molar-refractivity contribution < 1.29 is 44.2 Å². The SMILES string of the molecule is CCCCCCCCCCCCCCCCCC(=O)O.CCCCCCCCCCCCCCCCCC(=O)O.OCCOCCOCCOCCO. The van der Waals surface area contributed by atoms with Crippen LogP contribution in [-0.4, -0.2) is 85.2 Å². The lowest BCUT2D eigenvalue weighted by atomic mass is 10.0. The quantitative estimate of drug-likeness (QED) is 0.0447. The summed E-state index contributed by atoms with van der Waals surface area (Å²) in [6, 6.07) is 0. The minimum atomic E-state index is -0.653. The van der Waals surface area contributed by atoms with E-state index < -0.39 is 11.9 Å². The second-order valence-electron chi connectivity index (χ2n) is 14.5. The molecule has 0 amide bonds. The highest BCUT2D eigenvalue weighted by Gasteiger charge is 1.99. The van der Waals surface area contributed by atoms with Crippen molar-refractivity contribution in [1.29, 1.82) is 0 Å². The Morgan fingerprint density at radius 3 is 0.698 bits per heavy atom. The standard InChI is InChI=1S/2C18H36O2.C8H18O5/c2*1-2-3-4-5-6-7-8-9-10-11-12-13-14-15-16-17-18(19)20;9-1-3-11-5-7-13-8-6-12-4-2-10/h2*2-17H2,1H3,(H,19,20);9-10H,1-8H2. The van der Waals surface area contributed by atoms with Gasteiger partial charge in [-0.05, 0) is 12.8 Å². The van der Waals surface area contributed by atoms with E-state index in [4.69, 9.17) is 34.6 Å². The van der Waals surface area contributed by atoms with E-state index in [0.717, 1.165) is 25.7 Å². The van der Waals surface area contributed by atoms with Crippen molar-refractivity contribution in [2.75, 3.05) is 52.9 Å². The van der Waals surface area contributed by atoms with Gasteiger partial charge in [0.05, 0.1) is 52.9 Å². The van der Waals surface area contributed by atoms with E-state index in [1.54, 1.807) is 0 Å². The lowest BCUT2D eigenvalue weighted by molar-refractivity contribution is -0.138. The molecule has 9 heteroatoms. The Balaban J connectivity index is -0.000000726. The van der Waals surface area contributed by atoms with E-state index in [-0.39, 0.29) is 13.2 Å². The van der Waals surface area contributed by atoms with Gasteiger partial charge in [-0.25, -0.2) is 0 Å². The number of rotatable bonds is 42. The maximum atomic E-state index is 10.3. The Hall–Kier alpha value is -1.26. The van der Waals surface area contributed by atoms with Crippen LogP contribution in [0, 0.1) is 0 Å². The molecule has 0 saturated heterocycles. The van der Waals surface area contributed by atoms with Crippen LogP contribution in [0.1, 0.15) is 219 Å². The molecule has 0 aromatic carbocycles. The van der Waals surface area contributed by atoms with Gasteiger partial charge in [-0.15, -0.1) is 0 Å². The van der Waals surface area contributed by atoms with Gasteiger partial charge in [0.2, 0.25) is 0 Å². The first-order chi connectivity index (χ1) is 26.0. The number of aliphatic hydroxyl groups excluding tert-OH is 2. The fraction of sp³-hybridized carbons (Fsp3) is 0.955. The van der Waals surface area contributed by atoms with Gasteiger partial charge < -0.3 is 34.6 Å². The molecule has 0 aromatic heterocycles. The molecule has 0 aliphatic carbocycles. The minimum absolute atomic E-state index is 0.0413. The molecule has 0 aliphatic rings. The zero-order chi connectivity index (χ0) is 39.6. The summed E-state index contributed by atoms with van der Waals surface area (Å²) in [4.78, 5) is 20.7. The molecule has 0 spiro atoms. The van der Waals surface area contributed by atoms with Gasteiger partial charge in [0.15, 0.2) is 0 Å². The average Bonchev–Trinajstić information content (AvgIpc) is 3.14. The molecular weight excluding hydrogens is 672 g/mol. The van der Waals surface area contributed by atoms with Gasteiger partial charge >= 0.3 is 11.9 Å². The Bertz CT molecular complexity index is 609. The van der Waals surface area contributed by atoms with Gasteiger partial charge in [0.1, 0.15) is 0 Å². The maximum Gasteiger partial charge on any atom is 0.303 e. The molecule has 0 saturated carbocycles. The number of hydrogen-bond acceptors (Lipinski definition) is 7. The fourth-order valence-electron chi connectivity index (χ4n) is 5.97. The maximum absolute atomic E-state index is 10.3. The third-order valence-electron chi connectivity index (χ3n) is 9.20. The van der Waals surface area contributed by atoms with Crippen molar-refractivity contribution in [1.82, 2.24) is 0 Å². The summed E-state index contributed by atoms with van der Waals surface area (Å²) in [7, 11) is 0. The number of carboxylic acid groups (broad SMARTS) is 2. The predicted octanol–water partition coefficient (Wildman–Crippen LogP) is 11.7. The molecule has 0 fully saturated rings. The fourth-order valence-corrected chi connectivity index (χ4v) is 5.97. The lowest BCUT2D eigenvalue weighted by Gasteiger charge is -2.04. The number of ether oxygens (including phenoxy) is 3. The van der Waals surface area contributed by atoms with Crippen LogP contribution >= 0.6 is 0 Å². The largest absolute Gasteiger partial charge is 0.481 e. The summed E-state index contributed by atoms with van der Waals surface area (Å²) in [5.74, 6) is -1.31. The topological polar surface area (TPSA) is 143 Å². The smallest absolute Gasteiger partial charge is 0.303 e. The van der Waals surface area contributed by atoms with E-state index in [0.29, 0.717) is 52.5 Å². The molecule has 0 aromatic rings. The van der Waals surface area contributed by atoms with Gasteiger partial charge in [0.25, 0.3) is 0 Å². The van der Waals surface area contributed by atoms with Gasteiger partial charge in [-0.3, -0.25) is 9.59 Å². The molecule has 0 heterocycles. The number of carboxylic acids is 2. The van der Waals surface area contributed by atoms with E-state index in [1.807, 2.05) is 0 Å². The van der Waals surface area contributed by atoms with Crippen LogP contribution in [0.5, 0.6) is 0 Å². The molecular formula is C44H90O9. The Morgan fingerprint density at radius 1 is 0.321 bits per heavy atom. The van der Waals surface area contributed by atoms with E-state index in [1.165, 1.54) is 167 Å². The zero-order valence-corrected chi connectivity index (χ0v) is 35.1. The summed E-state index contributed by atoms with van der Waals surface area (Å²) >= 11 is 0. The third-order valence-corrected chi connectivity index (χ3v) is 9.20. The normalized spacial score (nSPS) is 10.8. The first kappa shape index (κ1) is 56.1. The molecule has 53 heavy (non-hydrogen) atoms. The lowest BCUT2D eigenvalue weighted by Crippen LogP contribution is -2.11. The van der Waals surface area contributed by atoms with Crippen LogP contribution in [0.4, 0.5) is 0 Å². The number of hydrogen-bond donors (Lipinski definition) is 4. The molecule has 0 bridgehead atoms. The summed E-state index contributed by atoms with van der Waals surface area (Å²) in [6.07, 6.45) is 40.4. The monoisotopic (exact) mass is 763 g/mol. The van der Waals surface area contributed by atoms with Crippen LogP contribution < -0.4 is 0 Å². The van der Waals surface area contributed by atoms with Crippen LogP contribution in [0.3, 0.4) is 0 Å². The summed E-state index contributed by atoms with van der Waals surface area (Å²) in [5.41, 5.74) is 0. The highest BCUT2D eigenvalue weighted by molar-refractivity contribution is 5.66. The number of aliphatic carboxylic acids is 2. The number of carbonyl (C=O) groups is 2. The molecule has 0 aliphatic heterocycles. The summed E-state index contributed by atoms with van der Waals surface area (Å²) in [6.45, 7) is 7.30. The van der Waals surface area contributed by atoms with Crippen LogP contribution in [0.15, 0.2) is 0 Å². The van der Waals surface area contributed by atoms with Gasteiger partial charge in [0, 0.05) is 12.8 Å². The van der Waals surface area contributed by atoms with Crippen molar-refractivity contribution >= 4 is 11.9 Å². The highest BCUT2D eigenvalue weighted by atomic mass is 16.5. The second kappa shape index (κ2) is 55.1. The molecule has 9 nitrogen and oxygen atoms in total. The second-order valence-corrected chi connectivity index (χ2v) is 14.5. The zero-order valence-electron chi connectivity index (χ0n) is 35.1. The Morgan fingerprint density at radius 2 is 0.509 bits per heavy atom. The summed E-state index contributed by atoms with van der Waals surface area (Å²) in [5, 5.41) is 33.7. The van der Waals surface area contributed by atoms with E-state index in [9.17, 15) is 9.59 Å². The first-order valence-corrected chi connectivity index (χ1v) is 22.3. The van der Waals surface area contributed by atoms with Crippen LogP contribution in [-0.2, 0) is 23.8 Å². The van der Waals surface area contributed by atoms with Crippen LogP contribution in [0.2, 0.25) is 0 Å². The number of aliphatic hydroxyl groups is 2. The van der Waals surface area contributed by atoms with Crippen molar-refractivity contribution in [2.24, 2.45) is 0 Å². The molecule has 0 radical (unpaired) electrons. The molecule has 0 atom stereocenters. The van der Waals surface area contributed by atoms with Crippen molar-refractivity contribution in [3.05, 3.63) is 0 Å². The van der Waals surface area contributed by atoms with E-state index in [2.05, 4.69) is 13.8 Å². The van der Waals surface area contributed by atoms with Crippen molar-refractivity contribution in [2.45, 2.75) is 219 Å². The van der Waals surface area contributed by atoms with Gasteiger partial charge in [-0.2, -0.15) is 0 Å². The average molecular weight is 763 g/mol. The number of unbranched alkanes of at least 4 members (excludes halogenated alkanes) is 28. The molecule has 320 valence electrons.